The first kappa shape index (κ1) is 14.1. The van der Waals surface area contributed by atoms with Gasteiger partial charge in [-0.1, -0.05) is 36.0 Å². The molecule has 1 heterocycles. The Bertz CT molecular complexity index is 490. The van der Waals surface area contributed by atoms with Gasteiger partial charge >= 0.3 is 0 Å². The quantitative estimate of drug-likeness (QED) is 0.907. The van der Waals surface area contributed by atoms with Crippen molar-refractivity contribution in [2.45, 2.75) is 31.7 Å². The third-order valence-electron chi connectivity index (χ3n) is 3.11. The van der Waals surface area contributed by atoms with E-state index in [2.05, 4.69) is 0 Å². The van der Waals surface area contributed by atoms with Gasteiger partial charge in [-0.15, -0.1) is 0 Å². The van der Waals surface area contributed by atoms with Crippen LogP contribution in [0.15, 0.2) is 24.3 Å². The number of benzene rings is 1. The molecule has 4 nitrogen and oxygen atoms in total. The number of amides is 1. The molecule has 1 fully saturated rings. The highest BCUT2D eigenvalue weighted by Gasteiger charge is 2.30. The molecule has 1 aliphatic heterocycles. The van der Waals surface area contributed by atoms with Crippen molar-refractivity contribution in [3.63, 3.8) is 0 Å². The molecule has 1 atom stereocenters. The molecular formula is C14H18N2O2S. The highest BCUT2D eigenvalue weighted by Crippen LogP contribution is 2.25. The fraction of sp³-hybridized carbons (Fsp3) is 0.429. The minimum absolute atomic E-state index is 0.0739. The minimum Gasteiger partial charge on any atom is -0.337 e. The van der Waals surface area contributed by atoms with Crippen LogP contribution in [0.1, 0.15) is 24.5 Å². The number of carbonyl (C=O) groups is 2. The normalized spacial score (nSPS) is 18.9. The number of rotatable bonds is 4. The van der Waals surface area contributed by atoms with E-state index in [0.29, 0.717) is 26.1 Å². The Labute approximate surface area is 117 Å². The largest absolute Gasteiger partial charge is 0.337 e. The molecule has 0 aliphatic carbocycles. The smallest absolute Gasteiger partial charge is 0.224 e. The lowest BCUT2D eigenvalue weighted by molar-refractivity contribution is -0.128. The van der Waals surface area contributed by atoms with Crippen LogP contribution in [0.3, 0.4) is 0 Å². The predicted octanol–water partition coefficient (Wildman–Crippen LogP) is 1.53. The van der Waals surface area contributed by atoms with E-state index in [9.17, 15) is 9.59 Å². The lowest BCUT2D eigenvalue weighted by Gasteiger charge is -2.16. The summed E-state index contributed by atoms with van der Waals surface area (Å²) in [5, 5.41) is 0.174. The zero-order valence-electron chi connectivity index (χ0n) is 11.0. The molecule has 5 heteroatoms. The van der Waals surface area contributed by atoms with Crippen molar-refractivity contribution in [1.82, 2.24) is 4.90 Å². The highest BCUT2D eigenvalue weighted by atomic mass is 32.2. The molecule has 1 aliphatic rings. The maximum Gasteiger partial charge on any atom is 0.224 e. The summed E-state index contributed by atoms with van der Waals surface area (Å²) in [5.41, 5.74) is 7.77. The summed E-state index contributed by atoms with van der Waals surface area (Å²) in [6.45, 7) is 3.30. The molecule has 102 valence electrons. The van der Waals surface area contributed by atoms with Gasteiger partial charge in [0, 0.05) is 38.2 Å². The molecule has 1 aromatic rings. The Balaban J connectivity index is 1.99. The second-order valence-corrected chi connectivity index (χ2v) is 6.21. The van der Waals surface area contributed by atoms with Crippen LogP contribution < -0.4 is 5.73 Å². The van der Waals surface area contributed by atoms with Crippen LogP contribution in [0, 0.1) is 0 Å². The van der Waals surface area contributed by atoms with E-state index >= 15 is 0 Å². The second-order valence-electron chi connectivity index (χ2n) is 4.73. The van der Waals surface area contributed by atoms with Gasteiger partial charge in [0.1, 0.15) is 0 Å². The fourth-order valence-corrected chi connectivity index (χ4v) is 3.23. The summed E-state index contributed by atoms with van der Waals surface area (Å²) < 4.78 is 0. The number of nitrogens with two attached hydrogens (primary N) is 1. The van der Waals surface area contributed by atoms with Crippen LogP contribution in [-0.4, -0.2) is 27.7 Å². The summed E-state index contributed by atoms with van der Waals surface area (Å²) >= 11 is 1.27. The van der Waals surface area contributed by atoms with Crippen molar-refractivity contribution in [2.24, 2.45) is 5.73 Å². The van der Waals surface area contributed by atoms with Crippen LogP contribution in [0.2, 0.25) is 0 Å². The van der Waals surface area contributed by atoms with Gasteiger partial charge in [0.15, 0.2) is 5.12 Å². The molecular weight excluding hydrogens is 260 g/mol. The number of thioether (sulfide) groups is 1. The lowest BCUT2D eigenvalue weighted by atomic mass is 10.1. The molecule has 1 saturated heterocycles. The molecule has 1 unspecified atom stereocenters. The first-order chi connectivity index (χ1) is 9.08. The van der Waals surface area contributed by atoms with Gasteiger partial charge in [-0.25, -0.2) is 0 Å². The molecule has 0 bridgehead atoms. The maximum absolute atomic E-state index is 11.9. The molecule has 0 aromatic heterocycles. The fourth-order valence-electron chi connectivity index (χ4n) is 2.28. The zero-order chi connectivity index (χ0) is 13.8. The SMILES string of the molecule is CC(=O)SC1CC(=O)N(Cc2cccc(CN)c2)C1. The number of nitrogens with zero attached hydrogens (tertiary/aromatic N) is 1. The van der Waals surface area contributed by atoms with E-state index in [1.165, 1.54) is 11.8 Å². The number of hydrogen-bond acceptors (Lipinski definition) is 4. The van der Waals surface area contributed by atoms with Crippen molar-refractivity contribution < 1.29 is 9.59 Å². The Morgan fingerprint density at radius 1 is 1.47 bits per heavy atom. The Morgan fingerprint density at radius 2 is 2.21 bits per heavy atom. The molecule has 1 amide bonds. The Morgan fingerprint density at radius 3 is 2.89 bits per heavy atom. The van der Waals surface area contributed by atoms with Gasteiger partial charge in [-0.3, -0.25) is 9.59 Å². The lowest BCUT2D eigenvalue weighted by Crippen LogP contribution is -2.25. The third kappa shape index (κ3) is 3.81. The number of carbonyl (C=O) groups excluding carboxylic acids is 2. The first-order valence-corrected chi connectivity index (χ1v) is 7.19. The van der Waals surface area contributed by atoms with Gasteiger partial charge in [0.2, 0.25) is 5.91 Å². The molecule has 2 rings (SSSR count). The molecule has 0 radical (unpaired) electrons. The molecule has 0 spiro atoms. The summed E-state index contributed by atoms with van der Waals surface area (Å²) in [6.07, 6.45) is 0.459. The molecule has 1 aromatic carbocycles. The third-order valence-corrected chi connectivity index (χ3v) is 4.09. The van der Waals surface area contributed by atoms with Crippen molar-refractivity contribution in [3.05, 3.63) is 35.4 Å². The number of hydrogen-bond donors (Lipinski definition) is 1. The Kier molecular flexibility index (Phi) is 4.61. The van der Waals surface area contributed by atoms with Gasteiger partial charge in [0.05, 0.1) is 0 Å². The van der Waals surface area contributed by atoms with Gasteiger partial charge < -0.3 is 10.6 Å². The standard InChI is InChI=1S/C14H18N2O2S/c1-10(17)19-13-6-14(18)16(9-13)8-12-4-2-3-11(5-12)7-15/h2-5,13H,6-9,15H2,1H3. The van der Waals surface area contributed by atoms with Gasteiger partial charge in [-0.05, 0) is 11.1 Å². The monoisotopic (exact) mass is 278 g/mol. The predicted molar refractivity (Wildman–Crippen MR) is 76.4 cm³/mol. The average Bonchev–Trinajstić information content (AvgIpc) is 2.69. The summed E-state index contributed by atoms with van der Waals surface area (Å²) in [6, 6.07) is 7.96. The van der Waals surface area contributed by atoms with Crippen molar-refractivity contribution in [2.75, 3.05) is 6.54 Å². The van der Waals surface area contributed by atoms with Crippen LogP contribution in [-0.2, 0) is 22.7 Å². The minimum atomic E-state index is 0.0739. The number of likely N-dealkylation sites (tertiary alicyclic amines) is 1. The second kappa shape index (κ2) is 6.21. The molecule has 2 N–H and O–H groups in total. The summed E-state index contributed by atoms with van der Waals surface area (Å²) in [7, 11) is 0. The van der Waals surface area contributed by atoms with Crippen molar-refractivity contribution in [1.29, 1.82) is 0 Å². The van der Waals surface area contributed by atoms with Crippen molar-refractivity contribution >= 4 is 22.8 Å². The highest BCUT2D eigenvalue weighted by molar-refractivity contribution is 8.14. The van der Waals surface area contributed by atoms with Gasteiger partial charge in [-0.2, -0.15) is 0 Å². The van der Waals surface area contributed by atoms with E-state index < -0.39 is 0 Å². The Hall–Kier alpha value is -1.33. The van der Waals surface area contributed by atoms with Crippen LogP contribution in [0.5, 0.6) is 0 Å². The topological polar surface area (TPSA) is 63.4 Å². The van der Waals surface area contributed by atoms with Crippen LogP contribution >= 0.6 is 11.8 Å². The molecule has 0 saturated carbocycles. The van der Waals surface area contributed by atoms with Crippen LogP contribution in [0.4, 0.5) is 0 Å². The summed E-state index contributed by atoms with van der Waals surface area (Å²) in [5.74, 6) is 0.122. The van der Waals surface area contributed by atoms with E-state index in [1.54, 1.807) is 6.92 Å². The summed E-state index contributed by atoms with van der Waals surface area (Å²) in [4.78, 5) is 24.8. The average molecular weight is 278 g/mol. The maximum atomic E-state index is 11.9. The van der Waals surface area contributed by atoms with Crippen molar-refractivity contribution in [3.8, 4) is 0 Å². The van der Waals surface area contributed by atoms with E-state index in [-0.39, 0.29) is 16.3 Å². The zero-order valence-corrected chi connectivity index (χ0v) is 11.8. The first-order valence-electron chi connectivity index (χ1n) is 6.31. The van der Waals surface area contributed by atoms with Gasteiger partial charge in [0.25, 0.3) is 0 Å². The molecule has 19 heavy (non-hydrogen) atoms. The van der Waals surface area contributed by atoms with E-state index in [1.807, 2.05) is 29.2 Å². The van der Waals surface area contributed by atoms with Crippen LogP contribution in [0.25, 0.3) is 0 Å². The van der Waals surface area contributed by atoms with E-state index in [0.717, 1.165) is 11.1 Å². The van der Waals surface area contributed by atoms with E-state index in [4.69, 9.17) is 5.73 Å².